The molecule has 0 aromatic heterocycles. The third-order valence-electron chi connectivity index (χ3n) is 2.16. The minimum absolute atomic E-state index is 0.00483. The maximum Gasteiger partial charge on any atom is 0.178 e. The van der Waals surface area contributed by atoms with E-state index in [0.717, 1.165) is 11.1 Å². The van der Waals surface area contributed by atoms with E-state index >= 15 is 0 Å². The van der Waals surface area contributed by atoms with E-state index in [1.54, 1.807) is 24.3 Å². The fourth-order valence-electron chi connectivity index (χ4n) is 1.39. The average molecular weight is 185 g/mol. The second-order valence-electron chi connectivity index (χ2n) is 3.19. The van der Waals surface area contributed by atoms with Crippen molar-refractivity contribution in [3.8, 4) is 5.75 Å². The van der Waals surface area contributed by atoms with Crippen molar-refractivity contribution < 1.29 is 9.90 Å². The van der Waals surface area contributed by atoms with Gasteiger partial charge in [-0.2, -0.15) is 0 Å². The van der Waals surface area contributed by atoms with Crippen molar-refractivity contribution in [2.45, 2.75) is 6.42 Å². The van der Waals surface area contributed by atoms with Gasteiger partial charge in [-0.1, -0.05) is 24.3 Å². The summed E-state index contributed by atoms with van der Waals surface area (Å²) in [5.41, 5.74) is 1.98. The summed E-state index contributed by atoms with van der Waals surface area (Å²) in [5.74, 6) is 0.124. The summed E-state index contributed by atoms with van der Waals surface area (Å²) in [7, 11) is 0. The number of benzene rings is 1. The molecular formula is C12H9O2. The first-order valence-electron chi connectivity index (χ1n) is 4.44. The molecule has 2 rings (SSSR count). The van der Waals surface area contributed by atoms with Gasteiger partial charge in [0, 0.05) is 6.42 Å². The van der Waals surface area contributed by atoms with E-state index in [1.807, 2.05) is 6.08 Å². The Morgan fingerprint density at radius 3 is 2.29 bits per heavy atom. The second-order valence-corrected chi connectivity index (χ2v) is 3.19. The van der Waals surface area contributed by atoms with Gasteiger partial charge in [-0.3, -0.25) is 9.90 Å². The van der Waals surface area contributed by atoms with E-state index in [0.29, 0.717) is 6.42 Å². The topological polar surface area (TPSA) is 37.0 Å². The fraction of sp³-hybridized carbons (Fsp3) is 0.0833. The van der Waals surface area contributed by atoms with Crippen molar-refractivity contribution in [2.75, 3.05) is 0 Å². The van der Waals surface area contributed by atoms with Crippen LogP contribution in [-0.2, 0) is 9.90 Å². The number of allylic oxidation sites excluding steroid dienone is 4. The zero-order chi connectivity index (χ0) is 9.97. The molecule has 1 aliphatic carbocycles. The third-order valence-corrected chi connectivity index (χ3v) is 2.16. The lowest BCUT2D eigenvalue weighted by Gasteiger charge is -2.05. The highest BCUT2D eigenvalue weighted by Gasteiger charge is 2.05. The van der Waals surface area contributed by atoms with Crippen molar-refractivity contribution in [3.63, 3.8) is 0 Å². The molecule has 0 aliphatic heterocycles. The number of hydrogen-bond donors (Lipinski definition) is 0. The quantitative estimate of drug-likeness (QED) is 0.662. The van der Waals surface area contributed by atoms with Crippen LogP contribution in [0.4, 0.5) is 0 Å². The molecular weight excluding hydrogens is 176 g/mol. The van der Waals surface area contributed by atoms with Crippen LogP contribution in [0.1, 0.15) is 12.0 Å². The SMILES string of the molecule is [O]c1ccc(C2=CCC(=O)C=C2)cc1. The first-order chi connectivity index (χ1) is 6.75. The monoisotopic (exact) mass is 185 g/mol. The van der Waals surface area contributed by atoms with E-state index in [1.165, 1.54) is 12.1 Å². The number of carbonyl (C=O) groups excluding carboxylic acids is 1. The zero-order valence-electron chi connectivity index (χ0n) is 7.57. The van der Waals surface area contributed by atoms with Gasteiger partial charge in [0.1, 0.15) is 0 Å². The number of hydrogen-bond acceptors (Lipinski definition) is 1. The molecule has 0 spiro atoms. The maximum atomic E-state index is 10.9. The van der Waals surface area contributed by atoms with E-state index in [-0.39, 0.29) is 11.5 Å². The molecule has 0 unspecified atom stereocenters. The summed E-state index contributed by atoms with van der Waals surface area (Å²) < 4.78 is 0. The fourth-order valence-corrected chi connectivity index (χ4v) is 1.39. The van der Waals surface area contributed by atoms with Crippen LogP contribution in [0.3, 0.4) is 0 Å². The molecule has 2 heteroatoms. The molecule has 1 radical (unpaired) electrons. The summed E-state index contributed by atoms with van der Waals surface area (Å²) in [6.07, 6.45) is 5.68. The van der Waals surface area contributed by atoms with Gasteiger partial charge >= 0.3 is 0 Å². The van der Waals surface area contributed by atoms with Crippen LogP contribution in [0.5, 0.6) is 5.75 Å². The highest BCUT2D eigenvalue weighted by molar-refractivity contribution is 5.97. The molecule has 0 saturated carbocycles. The number of rotatable bonds is 1. The summed E-state index contributed by atoms with van der Waals surface area (Å²) in [6, 6.07) is 6.60. The van der Waals surface area contributed by atoms with E-state index in [9.17, 15) is 9.90 Å². The predicted molar refractivity (Wildman–Crippen MR) is 53.3 cm³/mol. The van der Waals surface area contributed by atoms with Crippen LogP contribution in [0.25, 0.3) is 5.57 Å². The zero-order valence-corrected chi connectivity index (χ0v) is 7.57. The van der Waals surface area contributed by atoms with Gasteiger partial charge in [-0.25, -0.2) is 0 Å². The van der Waals surface area contributed by atoms with Crippen LogP contribution in [-0.4, -0.2) is 5.78 Å². The van der Waals surface area contributed by atoms with Crippen molar-refractivity contribution >= 4 is 11.4 Å². The Morgan fingerprint density at radius 1 is 1.00 bits per heavy atom. The van der Waals surface area contributed by atoms with Gasteiger partial charge < -0.3 is 0 Å². The Hall–Kier alpha value is -1.83. The molecule has 0 heterocycles. The third kappa shape index (κ3) is 1.74. The highest BCUT2D eigenvalue weighted by atomic mass is 16.3. The molecule has 69 valence electrons. The Kier molecular flexibility index (Phi) is 2.19. The number of carbonyl (C=O) groups is 1. The van der Waals surface area contributed by atoms with E-state index in [2.05, 4.69) is 0 Å². The van der Waals surface area contributed by atoms with Gasteiger partial charge in [-0.15, -0.1) is 0 Å². The minimum Gasteiger partial charge on any atom is -0.295 e. The molecule has 0 bridgehead atoms. The largest absolute Gasteiger partial charge is 0.295 e. The van der Waals surface area contributed by atoms with Crippen molar-refractivity contribution in [1.82, 2.24) is 0 Å². The molecule has 0 N–H and O–H groups in total. The second kappa shape index (κ2) is 3.50. The van der Waals surface area contributed by atoms with Gasteiger partial charge in [-0.05, 0) is 29.3 Å². The molecule has 0 amide bonds. The lowest BCUT2D eigenvalue weighted by molar-refractivity contribution is -0.113. The Balaban J connectivity index is 2.29. The molecule has 0 saturated heterocycles. The number of ketones is 1. The Morgan fingerprint density at radius 2 is 1.71 bits per heavy atom. The molecule has 1 aromatic carbocycles. The molecule has 1 aromatic rings. The summed E-state index contributed by atoms with van der Waals surface area (Å²) in [4.78, 5) is 10.9. The minimum atomic E-state index is 0.00483. The lowest BCUT2D eigenvalue weighted by atomic mass is 9.99. The van der Waals surface area contributed by atoms with Crippen LogP contribution in [0.2, 0.25) is 0 Å². The van der Waals surface area contributed by atoms with Crippen molar-refractivity contribution in [1.29, 1.82) is 0 Å². The normalized spacial score (nSPS) is 15.4. The Bertz CT molecular complexity index is 410. The van der Waals surface area contributed by atoms with Crippen molar-refractivity contribution in [3.05, 3.63) is 48.1 Å². The van der Waals surface area contributed by atoms with Gasteiger partial charge in [0.05, 0.1) is 0 Å². The average Bonchev–Trinajstić information content (AvgIpc) is 2.21. The molecule has 0 fully saturated rings. The Labute approximate surface area is 82.2 Å². The van der Waals surface area contributed by atoms with E-state index in [4.69, 9.17) is 0 Å². The smallest absolute Gasteiger partial charge is 0.178 e. The lowest BCUT2D eigenvalue weighted by Crippen LogP contribution is -1.95. The predicted octanol–water partition coefficient (Wildman–Crippen LogP) is 2.74. The summed E-state index contributed by atoms with van der Waals surface area (Å²) >= 11 is 0. The van der Waals surface area contributed by atoms with Gasteiger partial charge in [0.2, 0.25) is 0 Å². The van der Waals surface area contributed by atoms with Crippen LogP contribution in [0, 0.1) is 0 Å². The van der Waals surface area contributed by atoms with Crippen molar-refractivity contribution in [2.24, 2.45) is 0 Å². The first-order valence-corrected chi connectivity index (χ1v) is 4.44. The van der Waals surface area contributed by atoms with Crippen LogP contribution >= 0.6 is 0 Å². The molecule has 1 aliphatic rings. The molecule has 2 nitrogen and oxygen atoms in total. The highest BCUT2D eigenvalue weighted by Crippen LogP contribution is 2.22. The van der Waals surface area contributed by atoms with Crippen LogP contribution < -0.4 is 0 Å². The molecule has 0 atom stereocenters. The van der Waals surface area contributed by atoms with Gasteiger partial charge in [0.25, 0.3) is 0 Å². The summed E-state index contributed by atoms with van der Waals surface area (Å²) in [6.45, 7) is 0. The van der Waals surface area contributed by atoms with Crippen LogP contribution in [0.15, 0.2) is 42.5 Å². The van der Waals surface area contributed by atoms with E-state index < -0.39 is 0 Å². The van der Waals surface area contributed by atoms with Gasteiger partial charge in [0.15, 0.2) is 11.5 Å². The molecule has 14 heavy (non-hydrogen) atoms. The standard InChI is InChI=1S/C12H9O2/c13-11-5-1-9(2-6-11)10-3-7-12(14)8-4-10/h1-7H,8H2. The first kappa shape index (κ1) is 8.75. The summed E-state index contributed by atoms with van der Waals surface area (Å²) in [5, 5.41) is 10.9. The maximum absolute atomic E-state index is 10.9.